The van der Waals surface area contributed by atoms with Crippen molar-refractivity contribution in [3.8, 4) is 0 Å². The Morgan fingerprint density at radius 3 is 2.62 bits per heavy atom. The normalized spacial score (nSPS) is 28.0. The first kappa shape index (κ1) is 16.0. The Morgan fingerprint density at radius 2 is 2.05 bits per heavy atom. The maximum Gasteiger partial charge on any atom is 0.315 e. The highest BCUT2D eigenvalue weighted by molar-refractivity contribution is 5.78. The van der Waals surface area contributed by atoms with Crippen LogP contribution in [0.2, 0.25) is 0 Å². The fourth-order valence-corrected chi connectivity index (χ4v) is 3.00. The molecule has 0 aromatic carbocycles. The molecule has 0 bridgehead atoms. The quantitative estimate of drug-likeness (QED) is 0.695. The van der Waals surface area contributed by atoms with Gasteiger partial charge in [0.1, 0.15) is 0 Å². The molecule has 2 rings (SSSR count). The summed E-state index contributed by atoms with van der Waals surface area (Å²) in [6, 6.07) is -0.200. The molecule has 2 unspecified atom stereocenters. The van der Waals surface area contributed by atoms with Crippen LogP contribution in [0.1, 0.15) is 32.1 Å². The van der Waals surface area contributed by atoms with Gasteiger partial charge in [-0.2, -0.15) is 0 Å². The van der Waals surface area contributed by atoms with Gasteiger partial charge in [0.2, 0.25) is 0 Å². The van der Waals surface area contributed by atoms with Gasteiger partial charge >= 0.3 is 12.0 Å². The molecule has 2 aliphatic rings. The van der Waals surface area contributed by atoms with Gasteiger partial charge in [-0.25, -0.2) is 4.79 Å². The van der Waals surface area contributed by atoms with Crippen LogP contribution < -0.4 is 10.6 Å². The second-order valence-electron chi connectivity index (χ2n) is 5.89. The van der Waals surface area contributed by atoms with Crippen LogP contribution in [0.3, 0.4) is 0 Å². The van der Waals surface area contributed by atoms with Gasteiger partial charge in [0, 0.05) is 32.9 Å². The van der Waals surface area contributed by atoms with Crippen LogP contribution in [0, 0.1) is 5.41 Å². The minimum absolute atomic E-state index is 0.102. The van der Waals surface area contributed by atoms with E-state index < -0.39 is 11.4 Å². The van der Waals surface area contributed by atoms with Gasteiger partial charge in [0.15, 0.2) is 0 Å². The molecule has 0 radical (unpaired) electrons. The van der Waals surface area contributed by atoms with Gasteiger partial charge in [-0.1, -0.05) is 0 Å². The van der Waals surface area contributed by atoms with Crippen LogP contribution in [0.5, 0.6) is 0 Å². The smallest absolute Gasteiger partial charge is 0.315 e. The van der Waals surface area contributed by atoms with Crippen molar-refractivity contribution >= 4 is 12.0 Å². The molecule has 2 fully saturated rings. The lowest BCUT2D eigenvalue weighted by Crippen LogP contribution is -2.50. The van der Waals surface area contributed by atoms with Gasteiger partial charge in [0.25, 0.3) is 0 Å². The van der Waals surface area contributed by atoms with Crippen molar-refractivity contribution < 1.29 is 24.2 Å². The molecule has 0 aromatic rings. The van der Waals surface area contributed by atoms with E-state index in [0.29, 0.717) is 26.1 Å². The van der Waals surface area contributed by atoms with Gasteiger partial charge in [0.05, 0.1) is 11.5 Å². The molecule has 1 saturated carbocycles. The number of ether oxygens (including phenoxy) is 2. The first-order valence-electron chi connectivity index (χ1n) is 7.44. The third-order valence-corrected chi connectivity index (χ3v) is 4.54. The number of urea groups is 1. The summed E-state index contributed by atoms with van der Waals surface area (Å²) in [5.41, 5.74) is -0.902. The molecule has 7 nitrogen and oxygen atoms in total. The monoisotopic (exact) mass is 300 g/mol. The summed E-state index contributed by atoms with van der Waals surface area (Å²) in [5, 5.41) is 15.0. The highest BCUT2D eigenvalue weighted by Gasteiger charge is 2.40. The summed E-state index contributed by atoms with van der Waals surface area (Å²) in [4.78, 5) is 23.4. The number of carbonyl (C=O) groups excluding carboxylic acids is 1. The summed E-state index contributed by atoms with van der Waals surface area (Å²) in [6.45, 7) is 0.986. The molecule has 2 atom stereocenters. The minimum atomic E-state index is -0.902. The molecule has 1 aliphatic carbocycles. The third-order valence-electron chi connectivity index (χ3n) is 4.54. The topological polar surface area (TPSA) is 96.9 Å². The molecule has 7 heteroatoms. The Kier molecular flexibility index (Phi) is 5.41. The molecule has 120 valence electrons. The Labute approximate surface area is 124 Å². The number of aliphatic carboxylic acids is 1. The zero-order valence-corrected chi connectivity index (χ0v) is 12.4. The Bertz CT molecular complexity index is 382. The lowest BCUT2D eigenvalue weighted by Gasteiger charge is -2.33. The number of rotatable bonds is 5. The molecule has 2 amide bonds. The number of amides is 2. The predicted octanol–water partition coefficient (Wildman–Crippen LogP) is 0.735. The lowest BCUT2D eigenvalue weighted by atomic mass is 9.80. The average molecular weight is 300 g/mol. The molecule has 0 aromatic heterocycles. The molecule has 1 saturated heterocycles. The first-order valence-corrected chi connectivity index (χ1v) is 7.44. The highest BCUT2D eigenvalue weighted by atomic mass is 16.5. The van der Waals surface area contributed by atoms with Gasteiger partial charge in [-0.3, -0.25) is 4.79 Å². The second-order valence-corrected chi connectivity index (χ2v) is 5.89. The van der Waals surface area contributed by atoms with Crippen LogP contribution in [0.4, 0.5) is 4.79 Å². The number of carboxylic acids is 1. The second kappa shape index (κ2) is 7.09. The molecule has 1 heterocycles. The minimum Gasteiger partial charge on any atom is -0.481 e. The molecule has 0 spiro atoms. The summed E-state index contributed by atoms with van der Waals surface area (Å²) in [7, 11) is 1.68. The molecular formula is C14H24N2O5. The Morgan fingerprint density at radius 1 is 1.33 bits per heavy atom. The van der Waals surface area contributed by atoms with Crippen molar-refractivity contribution in [1.82, 2.24) is 10.6 Å². The number of hydrogen-bond donors (Lipinski definition) is 3. The van der Waals surface area contributed by atoms with E-state index in [1.165, 1.54) is 0 Å². The average Bonchev–Trinajstić information content (AvgIpc) is 2.93. The van der Waals surface area contributed by atoms with Crippen molar-refractivity contribution in [2.75, 3.05) is 26.9 Å². The van der Waals surface area contributed by atoms with Crippen LogP contribution in [0.15, 0.2) is 0 Å². The summed E-state index contributed by atoms with van der Waals surface area (Å²) < 4.78 is 10.5. The van der Waals surface area contributed by atoms with Crippen molar-refractivity contribution in [2.24, 2.45) is 5.41 Å². The van der Waals surface area contributed by atoms with Crippen LogP contribution >= 0.6 is 0 Å². The fraction of sp³-hybridized carbons (Fsp3) is 0.857. The van der Waals surface area contributed by atoms with E-state index in [4.69, 9.17) is 9.47 Å². The van der Waals surface area contributed by atoms with E-state index in [-0.39, 0.29) is 24.7 Å². The number of methoxy groups -OCH3 is 1. The Balaban J connectivity index is 1.78. The van der Waals surface area contributed by atoms with E-state index in [1.54, 1.807) is 7.11 Å². The van der Waals surface area contributed by atoms with Gasteiger partial charge in [-0.05, 0) is 32.1 Å². The van der Waals surface area contributed by atoms with E-state index in [1.807, 2.05) is 0 Å². The third kappa shape index (κ3) is 4.07. The molecule has 21 heavy (non-hydrogen) atoms. The van der Waals surface area contributed by atoms with E-state index >= 15 is 0 Å². The molecular weight excluding hydrogens is 276 g/mol. The van der Waals surface area contributed by atoms with E-state index in [9.17, 15) is 14.7 Å². The predicted molar refractivity (Wildman–Crippen MR) is 75.1 cm³/mol. The van der Waals surface area contributed by atoms with Crippen molar-refractivity contribution in [3.05, 3.63) is 0 Å². The summed E-state index contributed by atoms with van der Waals surface area (Å²) in [6.07, 6.45) is 3.70. The molecule has 1 aliphatic heterocycles. The largest absolute Gasteiger partial charge is 0.481 e. The zero-order chi connectivity index (χ0) is 15.3. The van der Waals surface area contributed by atoms with Crippen molar-refractivity contribution in [2.45, 2.75) is 44.2 Å². The van der Waals surface area contributed by atoms with Gasteiger partial charge in [-0.15, -0.1) is 0 Å². The number of hydrogen-bond acceptors (Lipinski definition) is 4. The summed E-state index contributed by atoms with van der Waals surface area (Å²) >= 11 is 0. The number of carbonyl (C=O) groups is 2. The zero-order valence-electron chi connectivity index (χ0n) is 12.4. The maximum atomic E-state index is 11.9. The van der Waals surface area contributed by atoms with Crippen LogP contribution in [0.25, 0.3) is 0 Å². The molecule has 3 N–H and O–H groups in total. The van der Waals surface area contributed by atoms with E-state index in [0.717, 1.165) is 19.3 Å². The van der Waals surface area contributed by atoms with Gasteiger partial charge < -0.3 is 25.2 Å². The standard InChI is InChI=1S/C14H24N2O5/c1-20-11-3-2-10(8-11)16-13(19)15-9-14(12(17)18)4-6-21-7-5-14/h10-11H,2-9H2,1H3,(H,17,18)(H2,15,16,19). The Hall–Kier alpha value is -1.34. The maximum absolute atomic E-state index is 11.9. The number of carboxylic acid groups (broad SMARTS) is 1. The fourth-order valence-electron chi connectivity index (χ4n) is 3.00. The van der Waals surface area contributed by atoms with Crippen molar-refractivity contribution in [1.29, 1.82) is 0 Å². The van der Waals surface area contributed by atoms with E-state index in [2.05, 4.69) is 10.6 Å². The highest BCUT2D eigenvalue weighted by Crippen LogP contribution is 2.30. The lowest BCUT2D eigenvalue weighted by molar-refractivity contribution is -0.154. The number of nitrogens with one attached hydrogen (secondary N) is 2. The van der Waals surface area contributed by atoms with Crippen LogP contribution in [-0.2, 0) is 14.3 Å². The first-order chi connectivity index (χ1) is 10.1. The summed E-state index contributed by atoms with van der Waals surface area (Å²) in [5.74, 6) is -0.869. The van der Waals surface area contributed by atoms with Crippen LogP contribution in [-0.4, -0.2) is 56.1 Å². The SMILES string of the molecule is COC1CCC(NC(=O)NCC2(C(=O)O)CCOCC2)C1. The van der Waals surface area contributed by atoms with Crippen molar-refractivity contribution in [3.63, 3.8) is 0 Å².